The van der Waals surface area contributed by atoms with Gasteiger partial charge in [-0.15, -0.1) is 22.7 Å². The number of ether oxygens (including phenoxy) is 1. The monoisotopic (exact) mass is 480 g/mol. The summed E-state index contributed by atoms with van der Waals surface area (Å²) in [5.74, 6) is -2.06. The molecule has 2 heterocycles. The summed E-state index contributed by atoms with van der Waals surface area (Å²) in [6, 6.07) is 3.23. The average Bonchev–Trinajstić information content (AvgIpc) is 3.27. The maximum atomic E-state index is 12.3. The van der Waals surface area contributed by atoms with Crippen molar-refractivity contribution in [3.05, 3.63) is 33.0 Å². The van der Waals surface area contributed by atoms with E-state index >= 15 is 0 Å². The Kier molecular flexibility index (Phi) is 9.86. The molecule has 0 aliphatic heterocycles. The van der Waals surface area contributed by atoms with Gasteiger partial charge in [-0.2, -0.15) is 0 Å². The van der Waals surface area contributed by atoms with Crippen molar-refractivity contribution >= 4 is 56.4 Å². The topological polar surface area (TPSA) is 122 Å². The summed E-state index contributed by atoms with van der Waals surface area (Å²) < 4.78 is 5.24. The van der Waals surface area contributed by atoms with Gasteiger partial charge in [-0.25, -0.2) is 9.59 Å². The van der Waals surface area contributed by atoms with Gasteiger partial charge in [0, 0.05) is 22.6 Å². The molecule has 0 aromatic carbocycles. The van der Waals surface area contributed by atoms with Gasteiger partial charge in [0.15, 0.2) is 0 Å². The van der Waals surface area contributed by atoms with E-state index in [4.69, 9.17) is 4.74 Å². The summed E-state index contributed by atoms with van der Waals surface area (Å²) in [5.41, 5.74) is 0.437. The molecule has 0 unspecified atom stereocenters. The molecule has 3 N–H and O–H groups in total. The first-order valence-corrected chi connectivity index (χ1v) is 12.1. The van der Waals surface area contributed by atoms with Crippen LogP contribution in [0.15, 0.2) is 12.1 Å². The summed E-state index contributed by atoms with van der Waals surface area (Å²) in [5, 5.41) is 15.4. The number of hydrogen-bond acceptors (Lipinski definition) is 7. The minimum absolute atomic E-state index is 0.0792. The molecule has 2 aromatic rings. The van der Waals surface area contributed by atoms with Crippen molar-refractivity contribution in [2.75, 3.05) is 17.2 Å². The van der Waals surface area contributed by atoms with Crippen molar-refractivity contribution in [1.29, 1.82) is 0 Å². The van der Waals surface area contributed by atoms with Gasteiger partial charge < -0.3 is 20.5 Å². The second-order valence-corrected chi connectivity index (χ2v) is 9.81. The lowest BCUT2D eigenvalue weighted by Crippen LogP contribution is -2.15. The number of carbonyl (C=O) groups is 4. The summed E-state index contributed by atoms with van der Waals surface area (Å²) >= 11 is 2.53. The fourth-order valence-electron chi connectivity index (χ4n) is 2.86. The number of unbranched alkanes of at least 4 members (excludes halogenated alkanes) is 2. The smallest absolute Gasteiger partial charge is 0.341 e. The predicted octanol–water partition coefficient (Wildman–Crippen LogP) is 5.22. The fraction of sp³-hybridized carbons (Fsp3) is 0.455. The highest BCUT2D eigenvalue weighted by atomic mass is 32.1. The Balaban J connectivity index is 1.78. The molecule has 0 spiro atoms. The van der Waals surface area contributed by atoms with Crippen molar-refractivity contribution in [2.45, 2.75) is 59.3 Å². The Morgan fingerprint density at radius 2 is 1.38 bits per heavy atom. The first kappa shape index (κ1) is 25.5. The molecule has 0 aliphatic carbocycles. The van der Waals surface area contributed by atoms with Crippen LogP contribution < -0.4 is 10.6 Å². The molecular weight excluding hydrogens is 452 g/mol. The molecule has 2 rings (SSSR count). The number of carboxylic acids is 1. The number of carboxylic acid groups (broad SMARTS) is 1. The molecule has 174 valence electrons. The number of aromatic carboxylic acids is 1. The van der Waals surface area contributed by atoms with Crippen molar-refractivity contribution in [3.63, 3.8) is 0 Å². The van der Waals surface area contributed by atoms with E-state index in [1.807, 2.05) is 13.8 Å². The molecule has 0 saturated carbocycles. The van der Waals surface area contributed by atoms with Crippen LogP contribution >= 0.6 is 22.7 Å². The van der Waals surface area contributed by atoms with Gasteiger partial charge in [0.05, 0.1) is 17.7 Å². The number of esters is 1. The third kappa shape index (κ3) is 7.76. The molecule has 0 saturated heterocycles. The van der Waals surface area contributed by atoms with E-state index in [0.29, 0.717) is 35.0 Å². The molecule has 0 radical (unpaired) electrons. The Labute approximate surface area is 195 Å². The van der Waals surface area contributed by atoms with Crippen LogP contribution in [0.4, 0.5) is 10.0 Å². The van der Waals surface area contributed by atoms with E-state index < -0.39 is 11.9 Å². The third-order valence-corrected chi connectivity index (χ3v) is 6.39. The number of thiophene rings is 2. The lowest BCUT2D eigenvalue weighted by Gasteiger charge is -2.07. The number of anilines is 2. The zero-order chi connectivity index (χ0) is 23.7. The van der Waals surface area contributed by atoms with Gasteiger partial charge in [-0.3, -0.25) is 9.59 Å². The van der Waals surface area contributed by atoms with E-state index in [1.165, 1.54) is 28.7 Å². The second-order valence-electron chi connectivity index (χ2n) is 7.30. The summed E-state index contributed by atoms with van der Waals surface area (Å²) in [4.78, 5) is 49.6. The highest BCUT2D eigenvalue weighted by Gasteiger charge is 2.19. The van der Waals surface area contributed by atoms with E-state index in [-0.39, 0.29) is 30.2 Å². The van der Waals surface area contributed by atoms with Crippen LogP contribution in [0.1, 0.15) is 75.9 Å². The number of hydrogen-bond donors (Lipinski definition) is 3. The van der Waals surface area contributed by atoms with Crippen LogP contribution in [0.5, 0.6) is 0 Å². The predicted molar refractivity (Wildman–Crippen MR) is 126 cm³/mol. The van der Waals surface area contributed by atoms with Crippen LogP contribution in [0.25, 0.3) is 0 Å². The summed E-state index contributed by atoms with van der Waals surface area (Å²) in [7, 11) is 0. The lowest BCUT2D eigenvalue weighted by molar-refractivity contribution is -0.118. The van der Waals surface area contributed by atoms with Crippen LogP contribution in [0.3, 0.4) is 0 Å². The number of amides is 2. The molecule has 0 bridgehead atoms. The summed E-state index contributed by atoms with van der Waals surface area (Å²) in [6.45, 7) is 5.98. The Morgan fingerprint density at radius 1 is 0.875 bits per heavy atom. The third-order valence-electron chi connectivity index (χ3n) is 4.46. The molecule has 2 aromatic heterocycles. The van der Waals surface area contributed by atoms with Crippen LogP contribution in [0, 0.1) is 13.8 Å². The van der Waals surface area contributed by atoms with Gasteiger partial charge in [0.2, 0.25) is 11.8 Å². The minimum atomic E-state index is -1.08. The molecule has 0 atom stereocenters. The Hall–Kier alpha value is -2.72. The Bertz CT molecular complexity index is 979. The first-order valence-electron chi connectivity index (χ1n) is 10.4. The second kappa shape index (κ2) is 12.4. The molecule has 0 aliphatic rings. The molecule has 10 heteroatoms. The maximum Gasteiger partial charge on any atom is 0.341 e. The highest BCUT2D eigenvalue weighted by molar-refractivity contribution is 7.17. The zero-order valence-corrected chi connectivity index (χ0v) is 20.0. The van der Waals surface area contributed by atoms with E-state index in [0.717, 1.165) is 22.6 Å². The van der Waals surface area contributed by atoms with Crippen LogP contribution in [-0.2, 0) is 14.3 Å². The van der Waals surface area contributed by atoms with E-state index in [2.05, 4.69) is 10.6 Å². The van der Waals surface area contributed by atoms with Crippen molar-refractivity contribution < 1.29 is 29.0 Å². The van der Waals surface area contributed by atoms with E-state index in [9.17, 15) is 24.3 Å². The Morgan fingerprint density at radius 3 is 1.88 bits per heavy atom. The number of carbonyl (C=O) groups excluding carboxylic acids is 3. The SMILES string of the molecule is CCCCOC(=O)c1cc(C)sc1NC(=O)CCCCC(=O)Nc1sc(C)cc1C(=O)O. The number of rotatable bonds is 12. The molecule has 2 amide bonds. The maximum absolute atomic E-state index is 12.3. The standard InChI is InChI=1S/C22H28N2O6S2/c1-4-5-10-30-22(29)16-12-14(3)32-20(16)24-18(26)9-7-6-8-17(25)23-19-15(21(27)28)11-13(2)31-19/h11-12H,4-10H2,1-3H3,(H,23,25)(H,24,26)(H,27,28). The fourth-order valence-corrected chi connectivity index (χ4v) is 4.70. The van der Waals surface area contributed by atoms with Gasteiger partial charge in [-0.1, -0.05) is 13.3 Å². The lowest BCUT2D eigenvalue weighted by atomic mass is 10.1. The summed E-state index contributed by atoms with van der Waals surface area (Å²) in [6.07, 6.45) is 3.04. The average molecular weight is 481 g/mol. The quantitative estimate of drug-likeness (QED) is 0.283. The highest BCUT2D eigenvalue weighted by Crippen LogP contribution is 2.29. The number of nitrogens with one attached hydrogen (secondary N) is 2. The van der Waals surface area contributed by atoms with E-state index in [1.54, 1.807) is 13.0 Å². The molecule has 0 fully saturated rings. The van der Waals surface area contributed by atoms with Gasteiger partial charge >= 0.3 is 11.9 Å². The number of aryl methyl sites for hydroxylation is 2. The first-order chi connectivity index (χ1) is 15.2. The van der Waals surface area contributed by atoms with Crippen molar-refractivity contribution in [1.82, 2.24) is 0 Å². The van der Waals surface area contributed by atoms with Gasteiger partial charge in [0.1, 0.15) is 10.0 Å². The zero-order valence-electron chi connectivity index (χ0n) is 18.4. The van der Waals surface area contributed by atoms with Crippen LogP contribution in [-0.4, -0.2) is 35.5 Å². The van der Waals surface area contributed by atoms with Crippen LogP contribution in [0.2, 0.25) is 0 Å². The van der Waals surface area contributed by atoms with Crippen molar-refractivity contribution in [3.8, 4) is 0 Å². The molecule has 32 heavy (non-hydrogen) atoms. The normalized spacial score (nSPS) is 10.6. The molecular formula is C22H28N2O6S2. The van der Waals surface area contributed by atoms with Gasteiger partial charge in [0.25, 0.3) is 0 Å². The largest absolute Gasteiger partial charge is 0.478 e. The van der Waals surface area contributed by atoms with Gasteiger partial charge in [-0.05, 0) is 45.2 Å². The minimum Gasteiger partial charge on any atom is -0.478 e. The van der Waals surface area contributed by atoms with Crippen molar-refractivity contribution in [2.24, 2.45) is 0 Å². The molecule has 8 nitrogen and oxygen atoms in total.